The van der Waals surface area contributed by atoms with Gasteiger partial charge < -0.3 is 0 Å². The van der Waals surface area contributed by atoms with Gasteiger partial charge in [-0.25, -0.2) is 0 Å². The molecule has 0 bridgehead atoms. The first-order chi connectivity index (χ1) is 28.8. The molecule has 0 aromatic heterocycles. The molecular formula is C58H42. The predicted molar refractivity (Wildman–Crippen MR) is 252 cm³/mol. The number of hydrogen-bond acceptors (Lipinski definition) is 0. The molecule has 0 radical (unpaired) electrons. The molecule has 0 aliphatic carbocycles. The van der Waals surface area contributed by atoms with Gasteiger partial charge in [-0.15, -0.1) is 0 Å². The molecule has 0 spiro atoms. The van der Waals surface area contributed by atoms with E-state index in [9.17, 15) is 0 Å². The first kappa shape index (κ1) is 36.1. The number of fused-ring (bicyclic) bond motifs is 2. The summed E-state index contributed by atoms with van der Waals surface area (Å²) in [5.41, 5.74) is 14.3. The Balaban J connectivity index is 1.14. The zero-order chi connectivity index (χ0) is 38.9. The highest BCUT2D eigenvalue weighted by Gasteiger charge is 2.12. The summed E-state index contributed by atoms with van der Waals surface area (Å²) in [7, 11) is 0. The molecule has 0 saturated carbocycles. The van der Waals surface area contributed by atoms with Crippen LogP contribution in [0.15, 0.2) is 218 Å². The second-order valence-corrected chi connectivity index (χ2v) is 14.4. The molecule has 0 nitrogen and oxygen atoms in total. The Hall–Kier alpha value is -7.54. The number of benzene rings is 9. The lowest BCUT2D eigenvalue weighted by Gasteiger charge is -2.14. The maximum Gasteiger partial charge on any atom is -0.00987 e. The lowest BCUT2D eigenvalue weighted by atomic mass is 9.90. The van der Waals surface area contributed by atoms with Crippen molar-refractivity contribution in [1.29, 1.82) is 0 Å². The van der Waals surface area contributed by atoms with Crippen LogP contribution in [-0.4, -0.2) is 0 Å². The van der Waals surface area contributed by atoms with Crippen LogP contribution in [0.5, 0.6) is 0 Å². The van der Waals surface area contributed by atoms with E-state index in [2.05, 4.69) is 255 Å². The summed E-state index contributed by atoms with van der Waals surface area (Å²) in [6.45, 7) is 0. The van der Waals surface area contributed by atoms with Gasteiger partial charge in [0.15, 0.2) is 0 Å². The van der Waals surface area contributed by atoms with Gasteiger partial charge in [0.1, 0.15) is 0 Å². The van der Waals surface area contributed by atoms with Gasteiger partial charge in [-0.3, -0.25) is 0 Å². The highest BCUT2D eigenvalue weighted by molar-refractivity contribution is 6.14. The first-order valence-corrected chi connectivity index (χ1v) is 19.9. The average molecular weight is 739 g/mol. The van der Waals surface area contributed by atoms with Crippen LogP contribution in [0.4, 0.5) is 0 Å². The molecule has 0 atom stereocenters. The monoisotopic (exact) mass is 738 g/mol. The predicted octanol–water partition coefficient (Wildman–Crippen LogP) is 15.5. The fraction of sp³-hybridized carbons (Fsp3) is 0. The normalized spacial score (nSPS) is 11.3. The van der Waals surface area contributed by atoms with Gasteiger partial charge in [-0.2, -0.15) is 0 Å². The molecule has 9 aromatic carbocycles. The van der Waals surface area contributed by atoms with Gasteiger partial charge in [0.2, 0.25) is 0 Å². The van der Waals surface area contributed by atoms with Crippen LogP contribution in [0.2, 0.25) is 0 Å². The Labute approximate surface area is 341 Å². The molecule has 0 aliphatic heterocycles. The van der Waals surface area contributed by atoms with E-state index >= 15 is 0 Å². The van der Waals surface area contributed by atoms with Crippen molar-refractivity contribution in [2.75, 3.05) is 0 Å². The van der Waals surface area contributed by atoms with Gasteiger partial charge in [0.05, 0.1) is 0 Å². The molecular weight excluding hydrogens is 697 g/mol. The second kappa shape index (κ2) is 17.1. The standard InChI is InChI=1S/C58H42/c1-5-23-45(24-6-1)57(46-25-7-2-8-26-46)41-49-31-15-13-21-43(49)37-39-55-51-33-17-19-35-53(51)56(54-36-20-18-34-52(54)55)40-38-44-22-14-16-32-50(44)42-58(47-27-9-3-10-28-47)48-29-11-4-12-30-48/h1-42H. The zero-order valence-electron chi connectivity index (χ0n) is 32.2. The van der Waals surface area contributed by atoms with Gasteiger partial charge in [-0.05, 0) is 100 Å². The van der Waals surface area contributed by atoms with Crippen molar-refractivity contribution in [3.63, 3.8) is 0 Å². The van der Waals surface area contributed by atoms with Crippen LogP contribution >= 0.6 is 0 Å². The minimum Gasteiger partial charge on any atom is -0.0622 e. The van der Waals surface area contributed by atoms with Crippen LogP contribution in [-0.2, 0) is 0 Å². The summed E-state index contributed by atoms with van der Waals surface area (Å²) in [6.07, 6.45) is 13.8. The molecule has 9 aromatic rings. The SMILES string of the molecule is C(=Cc1c2ccccc2c(C=Cc2ccccc2C=C(c2ccccc2)c2ccccc2)c2ccccc12)c1ccccc1C=C(c1ccccc1)c1ccccc1. The van der Waals surface area contributed by atoms with Gasteiger partial charge >= 0.3 is 0 Å². The summed E-state index contributed by atoms with van der Waals surface area (Å²) in [4.78, 5) is 0. The van der Waals surface area contributed by atoms with Crippen molar-refractivity contribution >= 4 is 69.1 Å². The van der Waals surface area contributed by atoms with E-state index in [0.29, 0.717) is 0 Å². The Kier molecular flexibility index (Phi) is 10.6. The van der Waals surface area contributed by atoms with E-state index in [0.717, 1.165) is 0 Å². The quantitative estimate of drug-likeness (QED) is 0.0968. The Morgan fingerprint density at radius 1 is 0.224 bits per heavy atom. The van der Waals surface area contributed by atoms with Crippen molar-refractivity contribution in [1.82, 2.24) is 0 Å². The molecule has 58 heavy (non-hydrogen) atoms. The van der Waals surface area contributed by atoms with Gasteiger partial charge in [0.25, 0.3) is 0 Å². The van der Waals surface area contributed by atoms with E-state index in [1.165, 1.54) is 88.3 Å². The third-order valence-corrected chi connectivity index (χ3v) is 10.8. The van der Waals surface area contributed by atoms with Crippen molar-refractivity contribution in [3.8, 4) is 0 Å². The largest absolute Gasteiger partial charge is 0.0622 e. The Morgan fingerprint density at radius 3 is 0.759 bits per heavy atom. The van der Waals surface area contributed by atoms with Crippen molar-refractivity contribution in [2.45, 2.75) is 0 Å². The minimum atomic E-state index is 1.17. The lowest BCUT2D eigenvalue weighted by molar-refractivity contribution is 1.54. The highest BCUT2D eigenvalue weighted by atomic mass is 14.2. The van der Waals surface area contributed by atoms with Crippen molar-refractivity contribution < 1.29 is 0 Å². The Morgan fingerprint density at radius 2 is 0.466 bits per heavy atom. The summed E-state index contributed by atoms with van der Waals surface area (Å²) in [5.74, 6) is 0. The molecule has 0 heteroatoms. The number of rotatable bonds is 10. The summed E-state index contributed by atoms with van der Waals surface area (Å²) < 4.78 is 0. The minimum absolute atomic E-state index is 1.17. The van der Waals surface area contributed by atoms with Crippen LogP contribution in [0.1, 0.15) is 55.6 Å². The van der Waals surface area contributed by atoms with Crippen LogP contribution < -0.4 is 0 Å². The lowest BCUT2D eigenvalue weighted by Crippen LogP contribution is -1.91. The summed E-state index contributed by atoms with van der Waals surface area (Å²) in [5, 5.41) is 4.90. The second-order valence-electron chi connectivity index (χ2n) is 14.4. The average Bonchev–Trinajstić information content (AvgIpc) is 3.30. The molecule has 0 N–H and O–H groups in total. The van der Waals surface area contributed by atoms with Crippen LogP contribution in [0.3, 0.4) is 0 Å². The highest BCUT2D eigenvalue weighted by Crippen LogP contribution is 2.37. The molecule has 0 aliphatic rings. The third-order valence-electron chi connectivity index (χ3n) is 10.8. The van der Waals surface area contributed by atoms with E-state index in [1.807, 2.05) is 0 Å². The van der Waals surface area contributed by atoms with Gasteiger partial charge in [0, 0.05) is 0 Å². The van der Waals surface area contributed by atoms with E-state index in [1.54, 1.807) is 0 Å². The molecule has 0 amide bonds. The van der Waals surface area contributed by atoms with E-state index in [4.69, 9.17) is 0 Å². The molecule has 9 rings (SSSR count). The first-order valence-electron chi connectivity index (χ1n) is 19.9. The van der Waals surface area contributed by atoms with Gasteiger partial charge in [-0.1, -0.05) is 243 Å². The fourth-order valence-electron chi connectivity index (χ4n) is 7.94. The topological polar surface area (TPSA) is 0 Å². The summed E-state index contributed by atoms with van der Waals surface area (Å²) in [6, 6.07) is 77.7. The van der Waals surface area contributed by atoms with Crippen molar-refractivity contribution in [2.24, 2.45) is 0 Å². The van der Waals surface area contributed by atoms with Crippen LogP contribution in [0, 0.1) is 0 Å². The maximum atomic E-state index is 2.32. The van der Waals surface area contributed by atoms with Crippen LogP contribution in [0.25, 0.3) is 69.1 Å². The van der Waals surface area contributed by atoms with E-state index < -0.39 is 0 Å². The van der Waals surface area contributed by atoms with E-state index in [-0.39, 0.29) is 0 Å². The molecule has 0 saturated heterocycles. The zero-order valence-corrected chi connectivity index (χ0v) is 32.2. The smallest absolute Gasteiger partial charge is 0.00987 e. The molecule has 274 valence electrons. The summed E-state index contributed by atoms with van der Waals surface area (Å²) >= 11 is 0. The molecule has 0 unspecified atom stereocenters. The maximum absolute atomic E-state index is 2.32. The molecule has 0 fully saturated rings. The third kappa shape index (κ3) is 7.78. The molecule has 0 heterocycles. The van der Waals surface area contributed by atoms with Crippen molar-refractivity contribution in [3.05, 3.63) is 274 Å². The fourth-order valence-corrected chi connectivity index (χ4v) is 7.94. The number of hydrogen-bond donors (Lipinski definition) is 0. The Bertz CT molecular complexity index is 2600.